The molecule has 0 fully saturated rings. The van der Waals surface area contributed by atoms with Crippen molar-refractivity contribution >= 4 is 23.4 Å². The molecule has 1 heterocycles. The summed E-state index contributed by atoms with van der Waals surface area (Å²) in [5.74, 6) is -1.31. The quantitative estimate of drug-likeness (QED) is 0.311. The molecule has 0 unspecified atom stereocenters. The number of carbonyl (C=O) groups excluding carboxylic acids is 3. The zero-order chi connectivity index (χ0) is 30.2. The fraction of sp³-hybridized carbons (Fsp3) is 0.382. The van der Waals surface area contributed by atoms with Crippen molar-refractivity contribution in [2.75, 3.05) is 18.4 Å². The first kappa shape index (κ1) is 30.9. The van der Waals surface area contributed by atoms with E-state index in [1.165, 1.54) is 24.3 Å². The normalized spacial score (nSPS) is 15.8. The molecule has 3 atom stereocenters. The number of nitrogens with one attached hydrogen (secondary N) is 1. The third kappa shape index (κ3) is 7.42. The van der Waals surface area contributed by atoms with Crippen molar-refractivity contribution in [3.63, 3.8) is 0 Å². The van der Waals surface area contributed by atoms with Crippen molar-refractivity contribution in [2.24, 2.45) is 11.7 Å². The number of halogens is 1. The first-order valence-corrected chi connectivity index (χ1v) is 14.8. The van der Waals surface area contributed by atoms with Crippen LogP contribution in [-0.4, -0.2) is 52.7 Å². The molecule has 8 heteroatoms. The molecule has 0 radical (unpaired) electrons. The molecule has 1 aliphatic rings. The van der Waals surface area contributed by atoms with Crippen LogP contribution in [0.5, 0.6) is 0 Å². The summed E-state index contributed by atoms with van der Waals surface area (Å²) in [5.41, 5.74) is 10.4. The summed E-state index contributed by atoms with van der Waals surface area (Å²) in [6.07, 6.45) is 2.63. The Kier molecular flexibility index (Phi) is 10.5. The van der Waals surface area contributed by atoms with E-state index in [1.807, 2.05) is 36.9 Å². The van der Waals surface area contributed by atoms with Gasteiger partial charge in [0.1, 0.15) is 5.82 Å². The second-order valence-corrected chi connectivity index (χ2v) is 11.1. The first-order valence-electron chi connectivity index (χ1n) is 14.8. The Labute approximate surface area is 247 Å². The molecule has 42 heavy (non-hydrogen) atoms. The van der Waals surface area contributed by atoms with Gasteiger partial charge in [-0.1, -0.05) is 51.1 Å². The van der Waals surface area contributed by atoms with E-state index in [1.54, 1.807) is 36.1 Å². The maximum absolute atomic E-state index is 14.0. The Bertz CT molecular complexity index is 1390. The van der Waals surface area contributed by atoms with Crippen LogP contribution in [0.2, 0.25) is 0 Å². The predicted molar refractivity (Wildman–Crippen MR) is 164 cm³/mol. The molecular formula is C34H41FN4O3. The minimum Gasteiger partial charge on any atom is -0.339 e. The van der Waals surface area contributed by atoms with Crippen molar-refractivity contribution in [3.05, 3.63) is 101 Å². The van der Waals surface area contributed by atoms with E-state index in [0.717, 1.165) is 24.0 Å². The van der Waals surface area contributed by atoms with Crippen molar-refractivity contribution in [1.29, 1.82) is 0 Å². The Balaban J connectivity index is 1.54. The number of nitrogens with zero attached hydrogens (tertiary/aromatic N) is 2. The third-order valence-electron chi connectivity index (χ3n) is 7.86. The number of carbonyl (C=O) groups is 3. The van der Waals surface area contributed by atoms with Gasteiger partial charge in [0.25, 0.3) is 11.8 Å². The molecule has 0 saturated heterocycles. The monoisotopic (exact) mass is 572 g/mol. The second-order valence-electron chi connectivity index (χ2n) is 11.1. The number of hydrogen-bond donors (Lipinski definition) is 2. The second kappa shape index (κ2) is 14.2. The lowest BCUT2D eigenvalue weighted by Gasteiger charge is -2.40. The van der Waals surface area contributed by atoms with Gasteiger partial charge in [-0.25, -0.2) is 4.39 Å². The average Bonchev–Trinajstić information content (AvgIpc) is 3.00. The molecule has 0 spiro atoms. The van der Waals surface area contributed by atoms with E-state index in [9.17, 15) is 18.8 Å². The summed E-state index contributed by atoms with van der Waals surface area (Å²) in [4.78, 5) is 43.9. The van der Waals surface area contributed by atoms with E-state index in [2.05, 4.69) is 11.4 Å². The molecular weight excluding hydrogens is 531 g/mol. The first-order chi connectivity index (χ1) is 20.2. The zero-order valence-corrected chi connectivity index (χ0v) is 24.7. The summed E-state index contributed by atoms with van der Waals surface area (Å²) in [6.45, 7) is 7.60. The van der Waals surface area contributed by atoms with Gasteiger partial charge in [-0.05, 0) is 79.3 Å². The van der Waals surface area contributed by atoms with E-state index in [0.29, 0.717) is 49.3 Å². The number of rotatable bonds is 11. The summed E-state index contributed by atoms with van der Waals surface area (Å²) in [6, 6.07) is 19.7. The number of nitrogens with two attached hydrogens (primary N) is 1. The Morgan fingerprint density at radius 2 is 1.60 bits per heavy atom. The molecule has 3 N–H and O–H groups in total. The van der Waals surface area contributed by atoms with Gasteiger partial charge < -0.3 is 20.9 Å². The average molecular weight is 573 g/mol. The maximum Gasteiger partial charge on any atom is 0.254 e. The lowest BCUT2D eigenvalue weighted by Crippen LogP contribution is -2.54. The fourth-order valence-electron chi connectivity index (χ4n) is 5.61. The number of benzene rings is 3. The van der Waals surface area contributed by atoms with Crippen molar-refractivity contribution in [1.82, 2.24) is 9.80 Å². The smallest absolute Gasteiger partial charge is 0.254 e. The molecule has 0 aliphatic carbocycles. The minimum absolute atomic E-state index is 0.0772. The van der Waals surface area contributed by atoms with Crippen LogP contribution in [0.4, 0.5) is 10.1 Å². The van der Waals surface area contributed by atoms with Crippen LogP contribution in [0, 0.1) is 11.7 Å². The Hall–Kier alpha value is -4.04. The molecule has 0 saturated carbocycles. The molecule has 7 nitrogen and oxygen atoms in total. The SMILES string of the molecule is CCCN(CCC)C(=O)c1cccc(C(=O)N2Cc3ccccc3C[C@H]2[C@@H](N)C[C@@H](C)C(=O)Nc2ccc(F)cc2)c1. The van der Waals surface area contributed by atoms with Crippen LogP contribution in [0.1, 0.15) is 71.9 Å². The molecule has 3 amide bonds. The molecule has 222 valence electrons. The van der Waals surface area contributed by atoms with Gasteiger partial charge in [0.05, 0.1) is 6.04 Å². The number of hydrogen-bond acceptors (Lipinski definition) is 4. The maximum atomic E-state index is 14.0. The number of fused-ring (bicyclic) bond motifs is 1. The Morgan fingerprint density at radius 1 is 0.952 bits per heavy atom. The van der Waals surface area contributed by atoms with Crippen LogP contribution in [0.25, 0.3) is 0 Å². The summed E-state index contributed by atoms with van der Waals surface area (Å²) in [7, 11) is 0. The van der Waals surface area contributed by atoms with Crippen molar-refractivity contribution in [2.45, 2.75) is 65.1 Å². The van der Waals surface area contributed by atoms with E-state index < -0.39 is 12.0 Å². The topological polar surface area (TPSA) is 95.7 Å². The highest BCUT2D eigenvalue weighted by atomic mass is 19.1. The van der Waals surface area contributed by atoms with Gasteiger partial charge in [0, 0.05) is 48.4 Å². The van der Waals surface area contributed by atoms with Crippen molar-refractivity contribution < 1.29 is 18.8 Å². The highest BCUT2D eigenvalue weighted by Gasteiger charge is 2.35. The van der Waals surface area contributed by atoms with Gasteiger partial charge in [0.2, 0.25) is 5.91 Å². The van der Waals surface area contributed by atoms with Crippen LogP contribution >= 0.6 is 0 Å². The van der Waals surface area contributed by atoms with Gasteiger partial charge in [-0.15, -0.1) is 0 Å². The lowest BCUT2D eigenvalue weighted by molar-refractivity contribution is -0.119. The van der Waals surface area contributed by atoms with E-state index in [-0.39, 0.29) is 29.6 Å². The van der Waals surface area contributed by atoms with Crippen LogP contribution < -0.4 is 11.1 Å². The van der Waals surface area contributed by atoms with E-state index in [4.69, 9.17) is 5.73 Å². The highest BCUT2D eigenvalue weighted by molar-refractivity contribution is 6.00. The molecule has 3 aromatic carbocycles. The number of amides is 3. The van der Waals surface area contributed by atoms with Crippen LogP contribution in [0.3, 0.4) is 0 Å². The number of anilines is 1. The van der Waals surface area contributed by atoms with Gasteiger partial charge >= 0.3 is 0 Å². The minimum atomic E-state index is -0.481. The van der Waals surface area contributed by atoms with Gasteiger partial charge in [-0.2, -0.15) is 0 Å². The summed E-state index contributed by atoms with van der Waals surface area (Å²) >= 11 is 0. The van der Waals surface area contributed by atoms with E-state index >= 15 is 0 Å². The zero-order valence-electron chi connectivity index (χ0n) is 24.7. The summed E-state index contributed by atoms with van der Waals surface area (Å²) < 4.78 is 13.3. The predicted octanol–water partition coefficient (Wildman–Crippen LogP) is 5.65. The van der Waals surface area contributed by atoms with Crippen LogP contribution in [0.15, 0.2) is 72.8 Å². The summed E-state index contributed by atoms with van der Waals surface area (Å²) in [5, 5.41) is 2.82. The fourth-order valence-corrected chi connectivity index (χ4v) is 5.61. The molecule has 0 bridgehead atoms. The van der Waals surface area contributed by atoms with Gasteiger partial charge in [0.15, 0.2) is 0 Å². The largest absolute Gasteiger partial charge is 0.339 e. The van der Waals surface area contributed by atoms with Crippen molar-refractivity contribution in [3.8, 4) is 0 Å². The highest BCUT2D eigenvalue weighted by Crippen LogP contribution is 2.28. The third-order valence-corrected chi connectivity index (χ3v) is 7.86. The molecule has 4 rings (SSSR count). The standard InChI is InChI=1S/C34H41FN4O3/c1-4-17-38(18-5-2)33(41)25-11-8-12-26(20-25)34(42)39-22-27-10-7-6-9-24(27)21-31(39)30(36)19-23(3)32(40)37-29-15-13-28(35)14-16-29/h6-16,20,23,30-31H,4-5,17-19,21-22,36H2,1-3H3,(H,37,40)/t23-,30+,31+/m1/s1. The molecule has 1 aliphatic heterocycles. The molecule has 3 aromatic rings. The lowest BCUT2D eigenvalue weighted by atomic mass is 9.86. The Morgan fingerprint density at radius 3 is 2.26 bits per heavy atom. The molecule has 0 aromatic heterocycles. The van der Waals surface area contributed by atoms with Gasteiger partial charge in [-0.3, -0.25) is 14.4 Å². The van der Waals surface area contributed by atoms with Crippen LogP contribution in [-0.2, 0) is 17.8 Å².